The molecule has 1 aromatic heterocycles. The number of hydrogen-bond donors (Lipinski definition) is 2. The molecule has 6 nitrogen and oxygen atoms in total. The van der Waals surface area contributed by atoms with Gasteiger partial charge in [-0.1, -0.05) is 6.07 Å². The molecule has 112 valence electrons. The number of nitrogens with one attached hydrogen (secondary N) is 1. The topological polar surface area (TPSA) is 82.3 Å². The first-order valence-corrected chi connectivity index (χ1v) is 5.97. The maximum atomic E-state index is 13.9. The minimum absolute atomic E-state index is 0.0555. The maximum absolute atomic E-state index is 13.9. The summed E-state index contributed by atoms with van der Waals surface area (Å²) in [6.07, 6.45) is 1.31. The van der Waals surface area contributed by atoms with E-state index < -0.39 is 17.7 Å². The van der Waals surface area contributed by atoms with E-state index in [9.17, 15) is 8.78 Å². The van der Waals surface area contributed by atoms with Crippen molar-refractivity contribution in [2.45, 2.75) is 6.04 Å². The lowest BCUT2D eigenvalue weighted by Gasteiger charge is -2.19. The quantitative estimate of drug-likeness (QED) is 0.640. The Morgan fingerprint density at radius 2 is 1.86 bits per heavy atom. The second kappa shape index (κ2) is 6.42. The minimum Gasteiger partial charge on any atom is -0.480 e. The summed E-state index contributed by atoms with van der Waals surface area (Å²) in [5.74, 6) is 4.19. The number of aromatic nitrogens is 2. The predicted molar refractivity (Wildman–Crippen MR) is 70.7 cm³/mol. The van der Waals surface area contributed by atoms with Crippen LogP contribution in [-0.4, -0.2) is 24.2 Å². The summed E-state index contributed by atoms with van der Waals surface area (Å²) < 4.78 is 37.8. The van der Waals surface area contributed by atoms with Gasteiger partial charge in [-0.15, -0.1) is 0 Å². The highest BCUT2D eigenvalue weighted by atomic mass is 19.1. The second-order valence-corrected chi connectivity index (χ2v) is 4.04. The highest BCUT2D eigenvalue weighted by Gasteiger charge is 2.26. The first-order chi connectivity index (χ1) is 10.1. The molecule has 21 heavy (non-hydrogen) atoms. The number of benzene rings is 1. The van der Waals surface area contributed by atoms with Crippen LogP contribution >= 0.6 is 0 Å². The van der Waals surface area contributed by atoms with Crippen LogP contribution in [0.15, 0.2) is 24.4 Å². The average Bonchev–Trinajstić information content (AvgIpc) is 2.50. The zero-order valence-corrected chi connectivity index (χ0v) is 11.4. The number of hydrazine groups is 1. The van der Waals surface area contributed by atoms with Gasteiger partial charge in [0.05, 0.1) is 26.5 Å². The van der Waals surface area contributed by atoms with E-state index in [0.29, 0.717) is 0 Å². The van der Waals surface area contributed by atoms with E-state index in [-0.39, 0.29) is 23.0 Å². The van der Waals surface area contributed by atoms with Gasteiger partial charge in [0.25, 0.3) is 0 Å². The monoisotopic (exact) mass is 296 g/mol. The smallest absolute Gasteiger partial charge is 0.240 e. The molecule has 2 rings (SSSR count). The van der Waals surface area contributed by atoms with Crippen molar-refractivity contribution >= 4 is 0 Å². The number of halogens is 2. The summed E-state index contributed by atoms with van der Waals surface area (Å²) in [7, 11) is 2.77. The molecule has 0 saturated heterocycles. The molecule has 1 heterocycles. The van der Waals surface area contributed by atoms with Crippen molar-refractivity contribution in [2.75, 3.05) is 14.2 Å². The third-order valence-corrected chi connectivity index (χ3v) is 2.88. The lowest BCUT2D eigenvalue weighted by Crippen LogP contribution is -2.31. The van der Waals surface area contributed by atoms with E-state index in [0.717, 1.165) is 12.1 Å². The van der Waals surface area contributed by atoms with Gasteiger partial charge in [-0.2, -0.15) is 4.98 Å². The Morgan fingerprint density at radius 3 is 2.38 bits per heavy atom. The summed E-state index contributed by atoms with van der Waals surface area (Å²) >= 11 is 0. The van der Waals surface area contributed by atoms with Crippen LogP contribution in [0.3, 0.4) is 0 Å². The van der Waals surface area contributed by atoms with Crippen molar-refractivity contribution in [3.05, 3.63) is 47.3 Å². The molecule has 0 saturated carbocycles. The molecule has 0 radical (unpaired) electrons. The van der Waals surface area contributed by atoms with Crippen LogP contribution < -0.4 is 20.7 Å². The van der Waals surface area contributed by atoms with Crippen molar-refractivity contribution in [3.63, 3.8) is 0 Å². The van der Waals surface area contributed by atoms with Crippen LogP contribution in [0.5, 0.6) is 11.8 Å². The van der Waals surface area contributed by atoms with Gasteiger partial charge in [-0.25, -0.2) is 19.2 Å². The van der Waals surface area contributed by atoms with Crippen LogP contribution in [-0.2, 0) is 0 Å². The van der Waals surface area contributed by atoms with E-state index >= 15 is 0 Å². The largest absolute Gasteiger partial charge is 0.480 e. The predicted octanol–water partition coefficient (Wildman–Crippen LogP) is 1.32. The third-order valence-electron chi connectivity index (χ3n) is 2.88. The molecule has 0 aliphatic carbocycles. The number of hydrogen-bond acceptors (Lipinski definition) is 6. The van der Waals surface area contributed by atoms with Crippen molar-refractivity contribution < 1.29 is 18.3 Å². The molecule has 0 bridgehead atoms. The van der Waals surface area contributed by atoms with Gasteiger partial charge in [-0.05, 0) is 12.1 Å². The summed E-state index contributed by atoms with van der Waals surface area (Å²) in [4.78, 5) is 8.08. The average molecular weight is 296 g/mol. The molecule has 1 atom stereocenters. The Balaban J connectivity index is 2.56. The van der Waals surface area contributed by atoms with Crippen molar-refractivity contribution in [1.29, 1.82) is 0 Å². The van der Waals surface area contributed by atoms with Gasteiger partial charge in [0.15, 0.2) is 0 Å². The number of nitrogens with two attached hydrogens (primary N) is 1. The van der Waals surface area contributed by atoms with E-state index in [1.807, 2.05) is 0 Å². The summed E-state index contributed by atoms with van der Waals surface area (Å²) in [5, 5.41) is 0. The first-order valence-electron chi connectivity index (χ1n) is 5.97. The Morgan fingerprint density at radius 1 is 1.19 bits per heavy atom. The van der Waals surface area contributed by atoms with Crippen LogP contribution in [0.2, 0.25) is 0 Å². The molecule has 0 amide bonds. The lowest BCUT2D eigenvalue weighted by molar-refractivity contribution is 0.351. The molecule has 0 aliphatic rings. The van der Waals surface area contributed by atoms with Gasteiger partial charge < -0.3 is 9.47 Å². The van der Waals surface area contributed by atoms with Gasteiger partial charge in [-0.3, -0.25) is 5.84 Å². The SMILES string of the molecule is COc1cnc(C(NN)c2c(F)cccc2F)c(OC)n1. The van der Waals surface area contributed by atoms with Crippen molar-refractivity contribution in [3.8, 4) is 11.8 Å². The maximum Gasteiger partial charge on any atom is 0.240 e. The Labute approximate surface area is 119 Å². The summed E-state index contributed by atoms with van der Waals surface area (Å²) in [5.41, 5.74) is 2.20. The zero-order valence-electron chi connectivity index (χ0n) is 11.4. The fraction of sp³-hybridized carbons (Fsp3) is 0.231. The molecular weight excluding hydrogens is 282 g/mol. The van der Waals surface area contributed by atoms with Crippen molar-refractivity contribution in [2.24, 2.45) is 5.84 Å². The van der Waals surface area contributed by atoms with Gasteiger partial charge in [0.2, 0.25) is 11.8 Å². The van der Waals surface area contributed by atoms with Crippen LogP contribution in [0.4, 0.5) is 8.78 Å². The molecule has 3 N–H and O–H groups in total. The molecular formula is C13H14F2N4O2. The molecule has 0 spiro atoms. The molecule has 1 unspecified atom stereocenters. The molecule has 8 heteroatoms. The second-order valence-electron chi connectivity index (χ2n) is 4.04. The first kappa shape index (κ1) is 15.1. The van der Waals surface area contributed by atoms with Gasteiger partial charge in [0, 0.05) is 5.56 Å². The lowest BCUT2D eigenvalue weighted by atomic mass is 10.0. The molecule has 1 aromatic carbocycles. The summed E-state index contributed by atoms with van der Waals surface area (Å²) in [6, 6.07) is 2.47. The van der Waals surface area contributed by atoms with Crippen LogP contribution in [0.1, 0.15) is 17.3 Å². The number of nitrogens with zero attached hydrogens (tertiary/aromatic N) is 2. The number of methoxy groups -OCH3 is 2. The highest BCUT2D eigenvalue weighted by Crippen LogP contribution is 2.30. The normalized spacial score (nSPS) is 12.0. The fourth-order valence-corrected chi connectivity index (χ4v) is 1.90. The number of ether oxygens (including phenoxy) is 2. The van der Waals surface area contributed by atoms with Crippen LogP contribution in [0.25, 0.3) is 0 Å². The Bertz CT molecular complexity index is 619. The number of rotatable bonds is 5. The zero-order chi connectivity index (χ0) is 15.4. The van der Waals surface area contributed by atoms with Gasteiger partial charge >= 0.3 is 0 Å². The van der Waals surface area contributed by atoms with E-state index in [1.54, 1.807) is 0 Å². The van der Waals surface area contributed by atoms with E-state index in [2.05, 4.69) is 15.4 Å². The Hall–Kier alpha value is -2.32. The van der Waals surface area contributed by atoms with Crippen molar-refractivity contribution in [1.82, 2.24) is 15.4 Å². The van der Waals surface area contributed by atoms with Crippen LogP contribution in [0, 0.1) is 11.6 Å². The molecule has 0 aliphatic heterocycles. The van der Waals surface area contributed by atoms with E-state index in [4.69, 9.17) is 15.3 Å². The van der Waals surface area contributed by atoms with E-state index in [1.165, 1.54) is 26.5 Å². The summed E-state index contributed by atoms with van der Waals surface area (Å²) in [6.45, 7) is 0. The third kappa shape index (κ3) is 2.91. The highest BCUT2D eigenvalue weighted by molar-refractivity contribution is 5.35. The standard InChI is InChI=1S/C13H14F2N4O2/c1-20-9-6-17-12(13(18-9)21-2)11(19-16)10-7(14)4-3-5-8(10)15/h3-6,11,19H,16H2,1-2H3. The minimum atomic E-state index is -1.06. The molecule has 2 aromatic rings. The Kier molecular flexibility index (Phi) is 4.61. The fourth-order valence-electron chi connectivity index (χ4n) is 1.90. The van der Waals surface area contributed by atoms with Gasteiger partial charge in [0.1, 0.15) is 17.3 Å². The molecule has 0 fully saturated rings.